The first-order valence-electron chi connectivity index (χ1n) is 10.2. The van der Waals surface area contributed by atoms with Gasteiger partial charge in [0.1, 0.15) is 11.3 Å². The molecule has 0 atom stereocenters. The molecule has 0 unspecified atom stereocenters. The van der Waals surface area contributed by atoms with Gasteiger partial charge in [-0.2, -0.15) is 0 Å². The fourth-order valence-corrected chi connectivity index (χ4v) is 6.03. The maximum absolute atomic E-state index is 13.8. The molecular formula is C24H27NO5S. The number of rotatable bonds is 6. The van der Waals surface area contributed by atoms with Crippen molar-refractivity contribution in [2.24, 2.45) is 0 Å². The second-order valence-corrected chi connectivity index (χ2v) is 9.63. The molecule has 0 aliphatic heterocycles. The molecule has 0 fully saturated rings. The summed E-state index contributed by atoms with van der Waals surface area (Å²) in [5, 5.41) is 0.490. The van der Waals surface area contributed by atoms with Crippen LogP contribution >= 0.6 is 0 Å². The van der Waals surface area contributed by atoms with Crippen LogP contribution in [0.1, 0.15) is 59.5 Å². The van der Waals surface area contributed by atoms with E-state index in [0.29, 0.717) is 39.8 Å². The van der Waals surface area contributed by atoms with Gasteiger partial charge in [0, 0.05) is 11.8 Å². The van der Waals surface area contributed by atoms with Crippen LogP contribution in [0, 0.1) is 27.7 Å². The molecule has 0 spiro atoms. The summed E-state index contributed by atoms with van der Waals surface area (Å²) >= 11 is 0. The van der Waals surface area contributed by atoms with Crippen LogP contribution in [0.3, 0.4) is 0 Å². The molecule has 1 amide bonds. The molecule has 2 aromatic carbocycles. The van der Waals surface area contributed by atoms with Crippen molar-refractivity contribution in [2.45, 2.75) is 59.3 Å². The molecule has 0 bridgehead atoms. The zero-order chi connectivity index (χ0) is 23.1. The number of amides is 1. The van der Waals surface area contributed by atoms with Crippen LogP contribution in [0.2, 0.25) is 0 Å². The summed E-state index contributed by atoms with van der Waals surface area (Å²) in [7, 11) is -4.18. The lowest BCUT2D eigenvalue weighted by atomic mass is 10.1. The fraction of sp³-hybridized carbons (Fsp3) is 0.333. The minimum absolute atomic E-state index is 0.0746. The SMILES string of the molecule is CCCC(=O)N(c1ccc2oc(C)c(C(C)=O)c2c1)S(=O)(=O)c1c(C)cc(C)cc1C. The predicted octanol–water partition coefficient (Wildman–Crippen LogP) is 5.39. The number of anilines is 1. The van der Waals surface area contributed by atoms with Crippen molar-refractivity contribution in [3.8, 4) is 0 Å². The Kier molecular flexibility index (Phi) is 6.09. The lowest BCUT2D eigenvalue weighted by molar-refractivity contribution is -0.117. The van der Waals surface area contributed by atoms with Crippen LogP contribution in [-0.2, 0) is 14.8 Å². The van der Waals surface area contributed by atoms with Crippen molar-refractivity contribution >= 4 is 38.4 Å². The Morgan fingerprint density at radius 3 is 2.16 bits per heavy atom. The van der Waals surface area contributed by atoms with Gasteiger partial charge in [-0.1, -0.05) is 24.6 Å². The molecule has 1 aromatic heterocycles. The average Bonchev–Trinajstić information content (AvgIpc) is 2.95. The fourth-order valence-electron chi connectivity index (χ4n) is 4.17. The van der Waals surface area contributed by atoms with Gasteiger partial charge in [0.05, 0.1) is 16.1 Å². The van der Waals surface area contributed by atoms with Gasteiger partial charge in [-0.25, -0.2) is 12.7 Å². The largest absolute Gasteiger partial charge is 0.461 e. The second kappa shape index (κ2) is 8.30. The van der Waals surface area contributed by atoms with Gasteiger partial charge < -0.3 is 4.42 Å². The highest BCUT2D eigenvalue weighted by Gasteiger charge is 2.33. The van der Waals surface area contributed by atoms with E-state index in [-0.39, 0.29) is 22.8 Å². The highest BCUT2D eigenvalue weighted by molar-refractivity contribution is 7.93. The molecule has 7 heteroatoms. The van der Waals surface area contributed by atoms with E-state index in [2.05, 4.69) is 0 Å². The summed E-state index contributed by atoms with van der Waals surface area (Å²) in [5.74, 6) is -0.252. The summed E-state index contributed by atoms with van der Waals surface area (Å²) < 4.78 is 34.1. The van der Waals surface area contributed by atoms with Gasteiger partial charge in [0.2, 0.25) is 5.91 Å². The van der Waals surface area contributed by atoms with Crippen molar-refractivity contribution < 1.29 is 22.4 Å². The molecule has 0 saturated carbocycles. The molecule has 3 rings (SSSR count). The Bertz CT molecular complexity index is 1280. The number of benzene rings is 2. The van der Waals surface area contributed by atoms with E-state index in [4.69, 9.17) is 4.42 Å². The first kappa shape index (κ1) is 22.7. The van der Waals surface area contributed by atoms with E-state index in [1.54, 1.807) is 51.1 Å². The maximum atomic E-state index is 13.8. The molecule has 31 heavy (non-hydrogen) atoms. The number of ketones is 1. The monoisotopic (exact) mass is 441 g/mol. The van der Waals surface area contributed by atoms with Crippen molar-refractivity contribution in [1.29, 1.82) is 0 Å². The first-order valence-corrected chi connectivity index (χ1v) is 11.6. The molecule has 3 aromatic rings. The van der Waals surface area contributed by atoms with Gasteiger partial charge in [-0.05, 0) is 70.4 Å². The molecule has 6 nitrogen and oxygen atoms in total. The lowest BCUT2D eigenvalue weighted by Gasteiger charge is -2.25. The summed E-state index contributed by atoms with van der Waals surface area (Å²) in [5.41, 5.74) is 3.15. The smallest absolute Gasteiger partial charge is 0.271 e. The van der Waals surface area contributed by atoms with Crippen LogP contribution in [-0.4, -0.2) is 20.1 Å². The van der Waals surface area contributed by atoms with Gasteiger partial charge in [-0.15, -0.1) is 0 Å². The van der Waals surface area contributed by atoms with Crippen LogP contribution < -0.4 is 4.31 Å². The Morgan fingerprint density at radius 1 is 1.00 bits per heavy atom. The van der Waals surface area contributed by atoms with E-state index >= 15 is 0 Å². The number of hydrogen-bond donors (Lipinski definition) is 0. The van der Waals surface area contributed by atoms with Gasteiger partial charge in [0.25, 0.3) is 10.0 Å². The number of carbonyl (C=O) groups excluding carboxylic acids is 2. The van der Waals surface area contributed by atoms with E-state index in [1.807, 2.05) is 13.8 Å². The Morgan fingerprint density at radius 2 is 1.61 bits per heavy atom. The molecule has 0 aliphatic rings. The summed E-state index contributed by atoms with van der Waals surface area (Å²) in [6.45, 7) is 10.3. The molecule has 0 N–H and O–H groups in total. The van der Waals surface area contributed by atoms with Crippen molar-refractivity contribution in [2.75, 3.05) is 4.31 Å². The standard InChI is InChI=1S/C24H27NO5S/c1-7-8-22(27)25(31(28,29)24-15(3)11-14(2)12-16(24)4)19-9-10-21-20(13-19)23(17(5)26)18(6)30-21/h9-13H,7-8H2,1-6H3. The normalized spacial score (nSPS) is 11.7. The number of sulfonamides is 1. The Hall–Kier alpha value is -2.93. The number of furan rings is 1. The van der Waals surface area contributed by atoms with E-state index in [9.17, 15) is 18.0 Å². The van der Waals surface area contributed by atoms with E-state index in [1.165, 1.54) is 6.92 Å². The number of Topliss-reactive ketones (excluding diaryl/α,β-unsaturated/α-hetero) is 1. The van der Waals surface area contributed by atoms with Gasteiger partial charge in [-0.3, -0.25) is 9.59 Å². The topological polar surface area (TPSA) is 84.7 Å². The van der Waals surface area contributed by atoms with Crippen LogP contribution in [0.4, 0.5) is 5.69 Å². The molecular weight excluding hydrogens is 414 g/mol. The highest BCUT2D eigenvalue weighted by Crippen LogP contribution is 2.34. The summed E-state index contributed by atoms with van der Waals surface area (Å²) in [6, 6.07) is 8.27. The third kappa shape index (κ3) is 4.02. The van der Waals surface area contributed by atoms with Crippen molar-refractivity contribution in [3.05, 3.63) is 58.3 Å². The van der Waals surface area contributed by atoms with Crippen molar-refractivity contribution in [1.82, 2.24) is 0 Å². The maximum Gasteiger partial charge on any atom is 0.271 e. The predicted molar refractivity (Wildman–Crippen MR) is 121 cm³/mol. The average molecular weight is 442 g/mol. The van der Waals surface area contributed by atoms with E-state index < -0.39 is 15.9 Å². The van der Waals surface area contributed by atoms with Gasteiger partial charge >= 0.3 is 0 Å². The molecule has 164 valence electrons. The van der Waals surface area contributed by atoms with Crippen LogP contribution in [0.5, 0.6) is 0 Å². The van der Waals surface area contributed by atoms with Gasteiger partial charge in [0.15, 0.2) is 5.78 Å². The number of nitrogens with zero attached hydrogens (tertiary/aromatic N) is 1. The minimum atomic E-state index is -4.18. The summed E-state index contributed by atoms with van der Waals surface area (Å²) in [6.07, 6.45) is 0.577. The number of carbonyl (C=O) groups is 2. The second-order valence-electron chi connectivity index (χ2n) is 7.91. The zero-order valence-corrected chi connectivity index (χ0v) is 19.5. The Balaban J connectivity index is 2.29. The first-order chi connectivity index (χ1) is 14.5. The van der Waals surface area contributed by atoms with Crippen LogP contribution in [0.25, 0.3) is 11.0 Å². The highest BCUT2D eigenvalue weighted by atomic mass is 32.2. The molecule has 0 radical (unpaired) electrons. The quantitative estimate of drug-likeness (QED) is 0.479. The van der Waals surface area contributed by atoms with E-state index in [0.717, 1.165) is 9.87 Å². The molecule has 1 heterocycles. The molecule has 0 aliphatic carbocycles. The zero-order valence-electron chi connectivity index (χ0n) is 18.7. The number of fused-ring (bicyclic) bond motifs is 1. The molecule has 0 saturated heterocycles. The third-order valence-electron chi connectivity index (χ3n) is 5.23. The lowest BCUT2D eigenvalue weighted by Crippen LogP contribution is -2.37. The minimum Gasteiger partial charge on any atom is -0.461 e. The van der Waals surface area contributed by atoms with Crippen LogP contribution in [0.15, 0.2) is 39.6 Å². The van der Waals surface area contributed by atoms with Crippen molar-refractivity contribution in [3.63, 3.8) is 0 Å². The Labute approximate surface area is 182 Å². The number of hydrogen-bond acceptors (Lipinski definition) is 5. The third-order valence-corrected chi connectivity index (χ3v) is 7.28. The summed E-state index contributed by atoms with van der Waals surface area (Å²) in [4.78, 5) is 25.3. The number of aryl methyl sites for hydroxylation is 4.